The Balaban J connectivity index is 0.00000433. The number of aromatic hydroxyl groups is 1. The van der Waals surface area contributed by atoms with Crippen LogP contribution in [0.1, 0.15) is 19.5 Å². The smallest absolute Gasteiger partial charge is 0.503 e. The maximum atomic E-state index is 13.0. The van der Waals surface area contributed by atoms with E-state index in [1.54, 1.807) is 0 Å². The number of carboxylic acid groups (broad SMARTS) is 1. The fraction of sp³-hybridized carbons (Fsp3) is 0.348. The van der Waals surface area contributed by atoms with Gasteiger partial charge in [0.15, 0.2) is 22.4 Å². The predicted molar refractivity (Wildman–Crippen MR) is 160 cm³/mol. The number of aromatic amines is 1. The first-order valence-corrected chi connectivity index (χ1v) is 15.5. The third-order valence-electron chi connectivity index (χ3n) is 6.36. The van der Waals surface area contributed by atoms with Crippen molar-refractivity contribution in [3.8, 4) is 17.3 Å². The van der Waals surface area contributed by atoms with Crippen LogP contribution < -0.4 is 86.0 Å². The number of carbonyl (C=O) groups is 4. The maximum Gasteiger partial charge on any atom is 1.00 e. The summed E-state index contributed by atoms with van der Waals surface area (Å²) in [6.45, 7) is 0.137. The molecule has 4 amide bonds. The molecule has 0 aliphatic carbocycles. The van der Waals surface area contributed by atoms with Gasteiger partial charge >= 0.3 is 87.0 Å². The molecule has 0 aromatic carbocycles. The minimum Gasteiger partial charge on any atom is -0.503 e. The number of H-pyrrole nitrogens is 1. The van der Waals surface area contributed by atoms with Crippen LogP contribution in [0.4, 0.5) is 9.93 Å². The van der Waals surface area contributed by atoms with E-state index >= 15 is 0 Å². The first kappa shape index (κ1) is 42.5. The molecule has 258 valence electrons. The quantitative estimate of drug-likeness (QED) is 0.0368. The summed E-state index contributed by atoms with van der Waals surface area (Å²) < 4.78 is 27.9. The molecule has 1 saturated heterocycles. The molecule has 4 rings (SSSR count). The van der Waals surface area contributed by atoms with Crippen molar-refractivity contribution in [2.75, 3.05) is 18.9 Å². The number of rotatable bonds is 12. The van der Waals surface area contributed by atoms with E-state index in [4.69, 9.17) is 10.6 Å². The van der Waals surface area contributed by atoms with E-state index in [1.165, 1.54) is 10.1 Å². The minimum atomic E-state index is -5.22. The largest absolute Gasteiger partial charge is 1.00 e. The molecule has 0 saturated carbocycles. The Morgan fingerprint density at radius 2 is 1.92 bits per heavy atom. The molecule has 23 nitrogen and oxygen atoms in total. The number of aromatic nitrogens is 5. The summed E-state index contributed by atoms with van der Waals surface area (Å²) in [6, 6.07) is -2.20. The van der Waals surface area contributed by atoms with Crippen LogP contribution in [0.25, 0.3) is 11.5 Å². The second-order valence-electron chi connectivity index (χ2n) is 10.3. The van der Waals surface area contributed by atoms with E-state index in [0.717, 1.165) is 37.4 Å². The summed E-state index contributed by atoms with van der Waals surface area (Å²) in [5, 5.41) is 48.6. The third-order valence-corrected chi connectivity index (χ3v) is 8.16. The molecule has 50 heavy (non-hydrogen) atoms. The second-order valence-corrected chi connectivity index (χ2v) is 12.7. The number of amides is 4. The van der Waals surface area contributed by atoms with Gasteiger partial charge in [-0.1, -0.05) is 9.24 Å². The number of nitrogens with zero attached hydrogens (tertiary/aromatic N) is 6. The zero-order chi connectivity index (χ0) is 35.7. The Hall–Kier alpha value is -3.66. The summed E-state index contributed by atoms with van der Waals surface area (Å²) in [6.07, 6.45) is -0.778. The molecule has 1 aliphatic heterocycles. The SMILES string of the molecule is CC(C)(O/N=C(\C(=O)N[C@H]1CN(C(=O)NS(=O)(=O)n2nc(-c3cc(=O)c(O)c[nH]3)n(C[C@@H](O)CO)c2=O)C1=O)c1csc(N)n1)C(=O)O.[Na+].[Na+]. The Kier molecular flexibility index (Phi) is 14.1. The average molecular weight is 761 g/mol. The van der Waals surface area contributed by atoms with Gasteiger partial charge in [0.05, 0.1) is 31.5 Å². The zero-order valence-electron chi connectivity index (χ0n) is 26.5. The van der Waals surface area contributed by atoms with Gasteiger partial charge in [-0.05, 0) is 13.8 Å². The number of nitrogen functional groups attached to an aromatic ring is 1. The van der Waals surface area contributed by atoms with Crippen LogP contribution in [0.5, 0.6) is 5.75 Å². The number of carboxylic acids is 1. The molecule has 9 N–H and O–H groups in total. The minimum absolute atomic E-state index is 0. The fourth-order valence-corrected chi connectivity index (χ4v) is 5.16. The van der Waals surface area contributed by atoms with E-state index in [1.807, 2.05) is 0 Å². The number of pyridine rings is 1. The summed E-state index contributed by atoms with van der Waals surface area (Å²) in [5.74, 6) is -4.89. The number of nitrogens with one attached hydrogen (secondary N) is 3. The van der Waals surface area contributed by atoms with Crippen molar-refractivity contribution in [1.29, 1.82) is 0 Å². The molecule has 27 heteroatoms. The van der Waals surface area contributed by atoms with Crippen LogP contribution in [0, 0.1) is 0 Å². The van der Waals surface area contributed by atoms with Crippen LogP contribution in [0.15, 0.2) is 32.4 Å². The topological polar surface area (TPSA) is 344 Å². The molecular formula is C23H26N10Na2O13S2+2. The second kappa shape index (κ2) is 16.6. The molecule has 0 unspecified atom stereocenters. The zero-order valence-corrected chi connectivity index (χ0v) is 32.2. The van der Waals surface area contributed by atoms with Crippen LogP contribution >= 0.6 is 11.3 Å². The number of thiazole rings is 1. The Labute approximate surface area is 327 Å². The van der Waals surface area contributed by atoms with Crippen molar-refractivity contribution >= 4 is 56.2 Å². The molecule has 1 fully saturated rings. The molecule has 3 aromatic rings. The number of aliphatic hydroxyl groups excluding tert-OH is 2. The monoisotopic (exact) mass is 760 g/mol. The van der Waals surface area contributed by atoms with Crippen molar-refractivity contribution in [2.24, 2.45) is 5.16 Å². The number of urea groups is 1. The first-order chi connectivity index (χ1) is 22.4. The predicted octanol–water partition coefficient (Wildman–Crippen LogP) is -10.1. The first-order valence-electron chi connectivity index (χ1n) is 13.2. The molecule has 4 heterocycles. The number of β-lactam (4-membered cyclic amide) rings is 1. The number of carbonyl (C=O) groups excluding carboxylic acids is 3. The number of nitrogens with two attached hydrogens (primary N) is 1. The Morgan fingerprint density at radius 1 is 1.26 bits per heavy atom. The van der Waals surface area contributed by atoms with Crippen molar-refractivity contribution in [1.82, 2.24) is 38.7 Å². The number of hydrogen-bond acceptors (Lipinski definition) is 17. The van der Waals surface area contributed by atoms with Crippen LogP contribution in [0.2, 0.25) is 0 Å². The van der Waals surface area contributed by atoms with Gasteiger partial charge in [-0.15, -0.1) is 16.4 Å². The summed E-state index contributed by atoms with van der Waals surface area (Å²) in [4.78, 5) is 86.4. The van der Waals surface area contributed by atoms with E-state index in [0.29, 0.717) is 9.47 Å². The van der Waals surface area contributed by atoms with Gasteiger partial charge in [0.1, 0.15) is 11.7 Å². The van der Waals surface area contributed by atoms with Crippen LogP contribution in [-0.2, 0) is 36.0 Å². The van der Waals surface area contributed by atoms with Crippen molar-refractivity contribution in [3.05, 3.63) is 44.0 Å². The molecule has 2 atom stereocenters. The average Bonchev–Trinajstić information content (AvgIpc) is 3.58. The van der Waals surface area contributed by atoms with E-state index < -0.39 is 99.9 Å². The van der Waals surface area contributed by atoms with Crippen molar-refractivity contribution in [3.63, 3.8) is 0 Å². The molecular weight excluding hydrogens is 734 g/mol. The van der Waals surface area contributed by atoms with E-state index in [-0.39, 0.29) is 79.7 Å². The van der Waals surface area contributed by atoms with Crippen LogP contribution in [-0.4, -0.2) is 118 Å². The summed E-state index contributed by atoms with van der Waals surface area (Å²) in [7, 11) is -5.22. The normalized spacial score (nSPS) is 15.2. The third kappa shape index (κ3) is 9.16. The van der Waals surface area contributed by atoms with E-state index in [9.17, 15) is 57.6 Å². The molecule has 0 bridgehead atoms. The van der Waals surface area contributed by atoms with Gasteiger partial charge in [-0.2, -0.15) is 8.42 Å². The molecule has 3 aromatic heterocycles. The number of hydrogen-bond donors (Lipinski definition) is 8. The number of oxime groups is 1. The number of anilines is 1. The number of aliphatic carboxylic acids is 1. The Bertz CT molecular complexity index is 2060. The molecule has 0 radical (unpaired) electrons. The van der Waals surface area contributed by atoms with Crippen molar-refractivity contribution < 1.29 is 112 Å². The fourth-order valence-electron chi connectivity index (χ4n) is 3.71. The molecule has 0 spiro atoms. The maximum absolute atomic E-state index is 13.0. The van der Waals surface area contributed by atoms with E-state index in [2.05, 4.69) is 25.5 Å². The number of likely N-dealkylation sites (tertiary alicyclic amines) is 1. The summed E-state index contributed by atoms with van der Waals surface area (Å²) >= 11 is 0.913. The van der Waals surface area contributed by atoms with Gasteiger partial charge in [0.25, 0.3) is 11.8 Å². The van der Waals surface area contributed by atoms with Crippen LogP contribution in [0.3, 0.4) is 0 Å². The van der Waals surface area contributed by atoms with Gasteiger partial charge in [-0.3, -0.25) is 23.9 Å². The van der Waals surface area contributed by atoms with Gasteiger partial charge in [0, 0.05) is 17.6 Å². The van der Waals surface area contributed by atoms with Gasteiger partial charge < -0.3 is 41.3 Å². The van der Waals surface area contributed by atoms with Crippen molar-refractivity contribution in [2.45, 2.75) is 38.1 Å². The Morgan fingerprint density at radius 3 is 2.46 bits per heavy atom. The number of aliphatic hydroxyl groups is 2. The van der Waals surface area contributed by atoms with Gasteiger partial charge in [-0.25, -0.2) is 24.1 Å². The standard InChI is InChI=1S/C23H26N10O13S2.2Na/c1-23(2,19(40)41)46-29-15(12-8-47-20(24)27-12)17(38)26-11-6-32(18(11)39)21(42)30-48(44,45)33-22(43)31(5-9(35)7-34)16(28-33)10-3-13(36)14(37)4-25-10;;/h3-4,8-9,11,34-35,37H,5-7H2,1-2H3,(H2,24,27)(H,25,36)(H,26,38)(H,30,42)(H,40,41);;/q;2*+1/b29-15-;;/t9-,11+;;/m1../s1. The molecule has 1 aliphatic rings. The number of imide groups is 1. The summed E-state index contributed by atoms with van der Waals surface area (Å²) in [5.41, 5.74) is 0.324. The van der Waals surface area contributed by atoms with Gasteiger partial charge in [0.2, 0.25) is 11.0 Å².